The molecule has 2 aliphatic heterocycles. The van der Waals surface area contributed by atoms with E-state index in [2.05, 4.69) is 16.8 Å². The molecule has 0 N–H and O–H groups in total. The zero-order valence-electron chi connectivity index (χ0n) is 14.7. The summed E-state index contributed by atoms with van der Waals surface area (Å²) in [7, 11) is -0.693. The summed E-state index contributed by atoms with van der Waals surface area (Å²) >= 11 is 0. The Morgan fingerprint density at radius 3 is 2.48 bits per heavy atom. The van der Waals surface area contributed by atoms with Crippen LogP contribution in [-0.4, -0.2) is 35.9 Å². The van der Waals surface area contributed by atoms with Crippen LogP contribution < -0.4 is 10.4 Å². The van der Waals surface area contributed by atoms with Gasteiger partial charge in [-0.15, -0.1) is 0 Å². The molecule has 0 radical (unpaired) electrons. The molecular weight excluding hydrogens is 294 g/mol. The molecule has 2 aliphatic rings. The Labute approximate surface area is 138 Å². The largest absolute Gasteiger partial charge is 0.498 e. The van der Waals surface area contributed by atoms with Crippen LogP contribution >= 0.6 is 0 Å². The number of hydrogen-bond acceptors (Lipinski definition) is 4. The molecule has 0 aromatic carbocycles. The Morgan fingerprint density at radius 2 is 1.87 bits per heavy atom. The Morgan fingerprint density at radius 1 is 1.22 bits per heavy atom. The zero-order valence-corrected chi connectivity index (χ0v) is 14.7. The van der Waals surface area contributed by atoms with Crippen LogP contribution in [0, 0.1) is 5.82 Å². The summed E-state index contributed by atoms with van der Waals surface area (Å²) in [4.78, 5) is 6.54. The van der Waals surface area contributed by atoms with E-state index in [0.29, 0.717) is 11.5 Å². The predicted octanol–water partition coefficient (Wildman–Crippen LogP) is 2.90. The average Bonchev–Trinajstić information content (AvgIpc) is 2.68. The van der Waals surface area contributed by atoms with Crippen LogP contribution in [0.1, 0.15) is 53.9 Å². The number of aromatic nitrogens is 1. The van der Waals surface area contributed by atoms with Crippen LogP contribution in [0.2, 0.25) is 0 Å². The summed E-state index contributed by atoms with van der Waals surface area (Å²) in [6, 6.07) is 2.21. The van der Waals surface area contributed by atoms with Crippen LogP contribution in [0.3, 0.4) is 0 Å². The molecule has 0 saturated carbocycles. The van der Waals surface area contributed by atoms with E-state index in [-0.39, 0.29) is 5.82 Å². The molecule has 3 heterocycles. The normalized spacial score (nSPS) is 26.6. The van der Waals surface area contributed by atoms with Gasteiger partial charge in [0.1, 0.15) is 11.6 Å². The van der Waals surface area contributed by atoms with Gasteiger partial charge in [0.15, 0.2) is 0 Å². The van der Waals surface area contributed by atoms with Crippen molar-refractivity contribution in [2.75, 3.05) is 11.4 Å². The van der Waals surface area contributed by atoms with Crippen molar-refractivity contribution in [3.05, 3.63) is 18.1 Å². The Kier molecular flexibility index (Phi) is 4.17. The number of nitrogens with zero attached hydrogens (tertiary/aromatic N) is 2. The van der Waals surface area contributed by atoms with Crippen molar-refractivity contribution in [3.63, 3.8) is 0 Å². The number of piperidine rings is 1. The quantitative estimate of drug-likeness (QED) is 0.785. The van der Waals surface area contributed by atoms with E-state index in [1.54, 1.807) is 6.07 Å². The van der Waals surface area contributed by atoms with Crippen molar-refractivity contribution in [1.82, 2.24) is 4.98 Å². The molecular formula is C17H26BFN2O2. The molecule has 0 amide bonds. The van der Waals surface area contributed by atoms with Gasteiger partial charge in [-0.1, -0.05) is 0 Å². The summed E-state index contributed by atoms with van der Waals surface area (Å²) < 4.78 is 26.3. The third kappa shape index (κ3) is 2.99. The van der Waals surface area contributed by atoms with Crippen molar-refractivity contribution in [1.29, 1.82) is 0 Å². The molecule has 2 saturated heterocycles. The van der Waals surface area contributed by atoms with Crippen LogP contribution in [0.15, 0.2) is 12.3 Å². The molecule has 3 rings (SSSR count). The predicted molar refractivity (Wildman–Crippen MR) is 90.6 cm³/mol. The standard InChI is InChI=1S/C17H26BFN2O2/c1-12-8-6-7-9-21(12)15-10-13(14(19)11-20-15)18-22-16(2,3)17(4,5)23-18/h10-12H,6-9H2,1-5H3. The van der Waals surface area contributed by atoms with Crippen molar-refractivity contribution < 1.29 is 13.7 Å². The molecule has 2 fully saturated rings. The lowest BCUT2D eigenvalue weighted by molar-refractivity contribution is 0.00578. The van der Waals surface area contributed by atoms with E-state index in [4.69, 9.17) is 9.31 Å². The van der Waals surface area contributed by atoms with Gasteiger partial charge >= 0.3 is 7.12 Å². The fourth-order valence-electron chi connectivity index (χ4n) is 3.19. The zero-order chi connectivity index (χ0) is 16.8. The summed E-state index contributed by atoms with van der Waals surface area (Å²) in [5.41, 5.74) is -0.524. The molecule has 0 aliphatic carbocycles. The van der Waals surface area contributed by atoms with E-state index >= 15 is 0 Å². The van der Waals surface area contributed by atoms with Crippen molar-refractivity contribution >= 4 is 18.4 Å². The third-order valence-electron chi connectivity index (χ3n) is 5.47. The molecule has 1 unspecified atom stereocenters. The maximum absolute atomic E-state index is 14.3. The summed E-state index contributed by atoms with van der Waals surface area (Å²) in [5.74, 6) is 0.431. The number of rotatable bonds is 2. The summed E-state index contributed by atoms with van der Waals surface area (Å²) in [6.07, 6.45) is 4.82. The molecule has 1 aromatic heterocycles. The minimum absolute atomic E-state index is 0.378. The van der Waals surface area contributed by atoms with Crippen LogP contribution in [-0.2, 0) is 9.31 Å². The first-order chi connectivity index (χ1) is 10.7. The van der Waals surface area contributed by atoms with Gasteiger partial charge in [-0.25, -0.2) is 9.37 Å². The van der Waals surface area contributed by atoms with Crippen LogP contribution in [0.25, 0.3) is 0 Å². The highest BCUT2D eigenvalue weighted by molar-refractivity contribution is 6.62. The van der Waals surface area contributed by atoms with E-state index in [1.165, 1.54) is 12.6 Å². The topological polar surface area (TPSA) is 34.6 Å². The van der Waals surface area contributed by atoms with Crippen LogP contribution in [0.4, 0.5) is 10.2 Å². The first-order valence-electron chi connectivity index (χ1n) is 8.49. The van der Waals surface area contributed by atoms with Crippen molar-refractivity contribution in [3.8, 4) is 0 Å². The number of anilines is 1. The SMILES string of the molecule is CC1CCCCN1c1cc(B2OC(C)(C)C(C)(C)O2)c(F)cn1. The Bertz CT molecular complexity index is 578. The minimum atomic E-state index is -0.693. The van der Waals surface area contributed by atoms with Gasteiger partial charge in [-0.2, -0.15) is 0 Å². The van der Waals surface area contributed by atoms with Crippen molar-refractivity contribution in [2.24, 2.45) is 0 Å². The molecule has 0 spiro atoms. The number of hydrogen-bond donors (Lipinski definition) is 0. The van der Waals surface area contributed by atoms with E-state index < -0.39 is 18.3 Å². The smallest absolute Gasteiger partial charge is 0.399 e. The lowest BCUT2D eigenvalue weighted by Gasteiger charge is -2.34. The fourth-order valence-corrected chi connectivity index (χ4v) is 3.19. The number of pyridine rings is 1. The fraction of sp³-hybridized carbons (Fsp3) is 0.706. The second kappa shape index (κ2) is 5.74. The van der Waals surface area contributed by atoms with Gasteiger partial charge < -0.3 is 14.2 Å². The van der Waals surface area contributed by atoms with Gasteiger partial charge in [0, 0.05) is 18.0 Å². The second-order valence-corrected chi connectivity index (χ2v) is 7.69. The molecule has 126 valence electrons. The Hall–Kier alpha value is -1.14. The van der Waals surface area contributed by atoms with E-state index in [1.807, 2.05) is 27.7 Å². The second-order valence-electron chi connectivity index (χ2n) is 7.69. The van der Waals surface area contributed by atoms with Gasteiger partial charge in [0.2, 0.25) is 0 Å². The van der Waals surface area contributed by atoms with Gasteiger partial charge in [0.25, 0.3) is 0 Å². The van der Waals surface area contributed by atoms with E-state index in [0.717, 1.165) is 25.2 Å². The third-order valence-corrected chi connectivity index (χ3v) is 5.47. The molecule has 6 heteroatoms. The van der Waals surface area contributed by atoms with Gasteiger partial charge in [-0.05, 0) is 59.9 Å². The highest BCUT2D eigenvalue weighted by atomic mass is 19.1. The molecule has 1 atom stereocenters. The van der Waals surface area contributed by atoms with Gasteiger partial charge in [0.05, 0.1) is 17.4 Å². The van der Waals surface area contributed by atoms with E-state index in [9.17, 15) is 4.39 Å². The number of halogens is 1. The van der Waals surface area contributed by atoms with Crippen molar-refractivity contribution in [2.45, 2.75) is 71.1 Å². The average molecular weight is 320 g/mol. The summed E-state index contributed by atoms with van der Waals surface area (Å²) in [5, 5.41) is 0. The monoisotopic (exact) mass is 320 g/mol. The maximum atomic E-state index is 14.3. The molecule has 23 heavy (non-hydrogen) atoms. The summed E-state index contributed by atoms with van der Waals surface area (Å²) in [6.45, 7) is 11.0. The van der Waals surface area contributed by atoms with Crippen LogP contribution in [0.5, 0.6) is 0 Å². The lowest BCUT2D eigenvalue weighted by Crippen LogP contribution is -2.41. The Balaban J connectivity index is 1.90. The highest BCUT2D eigenvalue weighted by Crippen LogP contribution is 2.37. The molecule has 1 aromatic rings. The first-order valence-corrected chi connectivity index (χ1v) is 8.49. The molecule has 4 nitrogen and oxygen atoms in total. The maximum Gasteiger partial charge on any atom is 0.498 e. The minimum Gasteiger partial charge on any atom is -0.399 e. The molecule has 0 bridgehead atoms. The highest BCUT2D eigenvalue weighted by Gasteiger charge is 2.52. The lowest BCUT2D eigenvalue weighted by atomic mass is 9.79. The van der Waals surface area contributed by atoms with Gasteiger partial charge in [-0.3, -0.25) is 0 Å². The first kappa shape index (κ1) is 16.7.